The van der Waals surface area contributed by atoms with Crippen LogP contribution in [0.25, 0.3) is 0 Å². The Morgan fingerprint density at radius 1 is 1.24 bits per heavy atom. The molecule has 0 spiro atoms. The second kappa shape index (κ2) is 7.11. The first-order valence-electron chi connectivity index (χ1n) is 6.99. The lowest BCUT2D eigenvalue weighted by atomic mass is 9.99. The zero-order valence-electron chi connectivity index (χ0n) is 12.4. The van der Waals surface area contributed by atoms with Crippen molar-refractivity contribution in [2.24, 2.45) is 5.92 Å². The van der Waals surface area contributed by atoms with Crippen molar-refractivity contribution in [2.75, 3.05) is 33.9 Å². The van der Waals surface area contributed by atoms with E-state index in [9.17, 15) is 8.42 Å². The van der Waals surface area contributed by atoms with Gasteiger partial charge < -0.3 is 14.8 Å². The fourth-order valence-corrected chi connectivity index (χ4v) is 3.68. The van der Waals surface area contributed by atoms with Crippen LogP contribution < -0.4 is 19.5 Å². The molecule has 1 aromatic rings. The summed E-state index contributed by atoms with van der Waals surface area (Å²) in [7, 11) is -0.658. The number of rotatable bonds is 6. The molecule has 0 saturated carbocycles. The van der Waals surface area contributed by atoms with Gasteiger partial charge in [0.2, 0.25) is 10.0 Å². The summed E-state index contributed by atoms with van der Waals surface area (Å²) >= 11 is 0. The van der Waals surface area contributed by atoms with E-state index in [4.69, 9.17) is 9.47 Å². The Labute approximate surface area is 125 Å². The number of hydrogen-bond donors (Lipinski definition) is 2. The number of sulfonamides is 1. The number of benzene rings is 1. The molecule has 2 N–H and O–H groups in total. The molecule has 0 aliphatic carbocycles. The van der Waals surface area contributed by atoms with E-state index in [0.717, 1.165) is 25.9 Å². The summed E-state index contributed by atoms with van der Waals surface area (Å²) in [6, 6.07) is 4.74. The number of hydrogen-bond acceptors (Lipinski definition) is 5. The van der Waals surface area contributed by atoms with Gasteiger partial charge in [-0.25, -0.2) is 13.1 Å². The maximum atomic E-state index is 12.5. The summed E-state index contributed by atoms with van der Waals surface area (Å²) in [4.78, 5) is 0.110. The molecule has 21 heavy (non-hydrogen) atoms. The van der Waals surface area contributed by atoms with Crippen LogP contribution in [0, 0.1) is 5.92 Å². The van der Waals surface area contributed by atoms with Crippen LogP contribution in [0.2, 0.25) is 0 Å². The first-order valence-corrected chi connectivity index (χ1v) is 8.47. The molecule has 0 radical (unpaired) electrons. The van der Waals surface area contributed by atoms with Gasteiger partial charge in [0.25, 0.3) is 0 Å². The molecule has 0 bridgehead atoms. The second-order valence-corrected chi connectivity index (χ2v) is 6.80. The van der Waals surface area contributed by atoms with Crippen molar-refractivity contribution in [1.29, 1.82) is 0 Å². The lowest BCUT2D eigenvalue weighted by Crippen LogP contribution is -2.36. The van der Waals surface area contributed by atoms with Gasteiger partial charge in [0, 0.05) is 12.6 Å². The standard InChI is InChI=1S/C14H22N2O4S/c1-19-12-3-4-13(20-2)14(9-12)21(17,18)16-10-11-5-7-15-8-6-11/h3-4,9,11,15-16H,5-8,10H2,1-2H3. The van der Waals surface area contributed by atoms with E-state index in [1.807, 2.05) is 0 Å². The Balaban J connectivity index is 2.14. The van der Waals surface area contributed by atoms with Gasteiger partial charge in [0.05, 0.1) is 14.2 Å². The topological polar surface area (TPSA) is 76.7 Å². The van der Waals surface area contributed by atoms with Crippen molar-refractivity contribution in [1.82, 2.24) is 10.0 Å². The molecular formula is C14H22N2O4S. The first kappa shape index (κ1) is 16.1. The number of nitrogens with one attached hydrogen (secondary N) is 2. The predicted molar refractivity (Wildman–Crippen MR) is 80.3 cm³/mol. The third kappa shape index (κ3) is 4.09. The first-order chi connectivity index (χ1) is 10.1. The van der Waals surface area contributed by atoms with Gasteiger partial charge in [0.15, 0.2) is 0 Å². The van der Waals surface area contributed by atoms with Crippen LogP contribution in [-0.2, 0) is 10.0 Å². The molecule has 1 saturated heterocycles. The Bertz CT molecular complexity index is 568. The molecule has 1 aliphatic heterocycles. The van der Waals surface area contributed by atoms with Crippen molar-refractivity contribution in [2.45, 2.75) is 17.7 Å². The molecule has 6 nitrogen and oxygen atoms in total. The van der Waals surface area contributed by atoms with Crippen LogP contribution in [0.3, 0.4) is 0 Å². The second-order valence-electron chi connectivity index (χ2n) is 5.06. The van der Waals surface area contributed by atoms with Gasteiger partial charge in [-0.1, -0.05) is 0 Å². The van der Waals surface area contributed by atoms with Gasteiger partial charge in [-0.3, -0.25) is 0 Å². The SMILES string of the molecule is COc1ccc(OC)c(S(=O)(=O)NCC2CCNCC2)c1. The maximum absolute atomic E-state index is 12.5. The van der Waals surface area contributed by atoms with Gasteiger partial charge in [-0.2, -0.15) is 0 Å². The van der Waals surface area contributed by atoms with E-state index in [-0.39, 0.29) is 4.90 Å². The molecule has 118 valence electrons. The summed E-state index contributed by atoms with van der Waals surface area (Å²) in [5.41, 5.74) is 0. The zero-order chi connectivity index (χ0) is 15.3. The van der Waals surface area contributed by atoms with Crippen LogP contribution >= 0.6 is 0 Å². The Morgan fingerprint density at radius 2 is 1.95 bits per heavy atom. The Kier molecular flexibility index (Phi) is 5.44. The van der Waals surface area contributed by atoms with Crippen LogP contribution in [0.1, 0.15) is 12.8 Å². The molecule has 2 rings (SSSR count). The van der Waals surface area contributed by atoms with Gasteiger partial charge in [0.1, 0.15) is 16.4 Å². The quantitative estimate of drug-likeness (QED) is 0.818. The van der Waals surface area contributed by atoms with E-state index in [2.05, 4.69) is 10.0 Å². The van der Waals surface area contributed by atoms with Crippen molar-refractivity contribution >= 4 is 10.0 Å². The number of ether oxygens (including phenoxy) is 2. The molecule has 0 aromatic heterocycles. The van der Waals surface area contributed by atoms with E-state index in [0.29, 0.717) is 24.0 Å². The Morgan fingerprint density at radius 3 is 2.57 bits per heavy atom. The van der Waals surface area contributed by atoms with Crippen LogP contribution in [0.5, 0.6) is 11.5 Å². The largest absolute Gasteiger partial charge is 0.497 e. The third-order valence-corrected chi connectivity index (χ3v) is 5.13. The fraction of sp³-hybridized carbons (Fsp3) is 0.571. The highest BCUT2D eigenvalue weighted by Crippen LogP contribution is 2.28. The van der Waals surface area contributed by atoms with Crippen molar-refractivity contribution < 1.29 is 17.9 Å². The molecular weight excluding hydrogens is 292 g/mol. The normalized spacial score (nSPS) is 16.7. The van der Waals surface area contributed by atoms with Crippen LogP contribution in [-0.4, -0.2) is 42.3 Å². The molecule has 1 aromatic carbocycles. The van der Waals surface area contributed by atoms with Gasteiger partial charge >= 0.3 is 0 Å². The van der Waals surface area contributed by atoms with Crippen molar-refractivity contribution in [3.05, 3.63) is 18.2 Å². The van der Waals surface area contributed by atoms with Gasteiger partial charge in [-0.05, 0) is 44.0 Å². The molecule has 1 aliphatic rings. The highest BCUT2D eigenvalue weighted by Gasteiger charge is 2.22. The summed E-state index contributed by atoms with van der Waals surface area (Å²) < 4.78 is 37.8. The van der Waals surface area contributed by atoms with Gasteiger partial charge in [-0.15, -0.1) is 0 Å². The Hall–Kier alpha value is -1.31. The number of piperidine rings is 1. The van der Waals surface area contributed by atoms with Crippen molar-refractivity contribution in [3.63, 3.8) is 0 Å². The summed E-state index contributed by atoms with van der Waals surface area (Å²) in [5, 5.41) is 3.26. The van der Waals surface area contributed by atoms with Crippen LogP contribution in [0.4, 0.5) is 0 Å². The predicted octanol–water partition coefficient (Wildman–Crippen LogP) is 0.982. The van der Waals surface area contributed by atoms with E-state index in [1.165, 1.54) is 20.3 Å². The van der Waals surface area contributed by atoms with E-state index in [1.54, 1.807) is 12.1 Å². The lowest BCUT2D eigenvalue weighted by Gasteiger charge is -2.23. The minimum absolute atomic E-state index is 0.110. The molecule has 1 heterocycles. The molecule has 0 atom stereocenters. The minimum atomic E-state index is -3.61. The average molecular weight is 314 g/mol. The summed E-state index contributed by atoms with van der Waals surface area (Å²) in [6.07, 6.45) is 1.97. The average Bonchev–Trinajstić information content (AvgIpc) is 2.53. The van der Waals surface area contributed by atoms with E-state index < -0.39 is 10.0 Å². The molecule has 0 amide bonds. The maximum Gasteiger partial charge on any atom is 0.244 e. The smallest absolute Gasteiger partial charge is 0.244 e. The lowest BCUT2D eigenvalue weighted by molar-refractivity contribution is 0.371. The highest BCUT2D eigenvalue weighted by molar-refractivity contribution is 7.89. The zero-order valence-corrected chi connectivity index (χ0v) is 13.2. The highest BCUT2D eigenvalue weighted by atomic mass is 32.2. The molecule has 1 fully saturated rings. The minimum Gasteiger partial charge on any atom is -0.497 e. The fourth-order valence-electron chi connectivity index (χ4n) is 2.39. The monoisotopic (exact) mass is 314 g/mol. The van der Waals surface area contributed by atoms with Crippen LogP contribution in [0.15, 0.2) is 23.1 Å². The molecule has 0 unspecified atom stereocenters. The number of methoxy groups -OCH3 is 2. The molecule has 7 heteroatoms. The van der Waals surface area contributed by atoms with E-state index >= 15 is 0 Å². The summed E-state index contributed by atoms with van der Waals surface area (Å²) in [6.45, 7) is 2.33. The van der Waals surface area contributed by atoms with Crippen molar-refractivity contribution in [3.8, 4) is 11.5 Å². The third-order valence-electron chi connectivity index (χ3n) is 3.68. The summed E-state index contributed by atoms with van der Waals surface area (Å²) in [5.74, 6) is 1.17.